The number of amides is 2. The molecule has 0 spiro atoms. The number of ether oxygens (including phenoxy) is 1. The monoisotopic (exact) mass is 347 g/mol. The van der Waals surface area contributed by atoms with Crippen molar-refractivity contribution in [2.75, 3.05) is 5.32 Å². The molecule has 0 aliphatic rings. The van der Waals surface area contributed by atoms with Gasteiger partial charge in [-0.1, -0.05) is 11.6 Å². The first-order chi connectivity index (χ1) is 11.1. The molecule has 0 fully saturated rings. The Labute approximate surface area is 143 Å². The average Bonchev–Trinajstić information content (AvgIpc) is 2.51. The molecule has 23 heavy (non-hydrogen) atoms. The van der Waals surface area contributed by atoms with Gasteiger partial charge in [-0.25, -0.2) is 4.79 Å². The molecule has 2 aromatic rings. The number of hydrogen-bond acceptors (Lipinski definition) is 4. The van der Waals surface area contributed by atoms with Gasteiger partial charge in [0, 0.05) is 15.6 Å². The van der Waals surface area contributed by atoms with Gasteiger partial charge in [0.2, 0.25) is 0 Å². The average molecular weight is 348 g/mol. The molecule has 7 heteroatoms. The summed E-state index contributed by atoms with van der Waals surface area (Å²) in [6, 6.07) is 13.5. The molecule has 2 rings (SSSR count). The first-order valence-electron chi connectivity index (χ1n) is 6.72. The highest BCUT2D eigenvalue weighted by atomic mass is 35.5. The summed E-state index contributed by atoms with van der Waals surface area (Å²) in [5, 5.41) is 16.6. The number of carbonyl (C=O) groups excluding carboxylic acids is 1. The third kappa shape index (κ3) is 5.74. The molecule has 0 heterocycles. The number of hydrogen-bond donors (Lipinski definition) is 2. The number of thiocyanates is 1. The zero-order chi connectivity index (χ0) is 16.7. The van der Waals surface area contributed by atoms with Crippen LogP contribution in [0.3, 0.4) is 0 Å². The minimum Gasteiger partial charge on any atom is -0.471 e. The van der Waals surface area contributed by atoms with Crippen molar-refractivity contribution in [3.63, 3.8) is 0 Å². The van der Waals surface area contributed by atoms with E-state index in [0.717, 1.165) is 16.7 Å². The quantitative estimate of drug-likeness (QED) is 0.475. The standard InChI is InChI=1S/C16H14ClN3O2S/c1-11(22-14-6-2-12(17)3-7-14)19-16(21)20-13-4-8-15(9-5-13)23-10-18/h2-9,11H,1H3,(H2,19,20,21). The molecular weight excluding hydrogens is 334 g/mol. The van der Waals surface area contributed by atoms with Crippen LogP contribution in [-0.4, -0.2) is 12.3 Å². The van der Waals surface area contributed by atoms with E-state index in [4.69, 9.17) is 21.6 Å². The van der Waals surface area contributed by atoms with Crippen molar-refractivity contribution in [3.05, 3.63) is 53.6 Å². The summed E-state index contributed by atoms with van der Waals surface area (Å²) in [6.45, 7) is 1.72. The molecule has 0 aliphatic carbocycles. The topological polar surface area (TPSA) is 74.2 Å². The Bertz CT molecular complexity index is 699. The van der Waals surface area contributed by atoms with Crippen molar-refractivity contribution < 1.29 is 9.53 Å². The van der Waals surface area contributed by atoms with E-state index in [2.05, 4.69) is 10.6 Å². The molecule has 0 saturated heterocycles. The Morgan fingerprint density at radius 2 is 1.87 bits per heavy atom. The molecular formula is C16H14ClN3O2S. The fourth-order valence-corrected chi connectivity index (χ4v) is 2.26. The number of nitriles is 1. The van der Waals surface area contributed by atoms with Crippen LogP contribution in [0.1, 0.15) is 6.92 Å². The molecule has 5 nitrogen and oxygen atoms in total. The molecule has 0 saturated carbocycles. The molecule has 118 valence electrons. The van der Waals surface area contributed by atoms with Gasteiger partial charge in [-0.3, -0.25) is 0 Å². The van der Waals surface area contributed by atoms with Crippen LogP contribution in [-0.2, 0) is 0 Å². The Morgan fingerprint density at radius 3 is 2.48 bits per heavy atom. The highest BCUT2D eigenvalue weighted by Crippen LogP contribution is 2.19. The maximum absolute atomic E-state index is 11.9. The minimum atomic E-state index is -0.510. The summed E-state index contributed by atoms with van der Waals surface area (Å²) < 4.78 is 5.56. The second kappa shape index (κ2) is 8.32. The Morgan fingerprint density at radius 1 is 1.22 bits per heavy atom. The molecule has 0 aliphatic heterocycles. The van der Waals surface area contributed by atoms with Crippen molar-refractivity contribution in [2.24, 2.45) is 0 Å². The lowest BCUT2D eigenvalue weighted by atomic mass is 10.3. The van der Waals surface area contributed by atoms with Gasteiger partial charge in [0.25, 0.3) is 0 Å². The maximum Gasteiger partial charge on any atom is 0.322 e. The summed E-state index contributed by atoms with van der Waals surface area (Å²) in [5.41, 5.74) is 0.628. The smallest absolute Gasteiger partial charge is 0.322 e. The van der Waals surface area contributed by atoms with Gasteiger partial charge in [0.05, 0.1) is 0 Å². The minimum absolute atomic E-state index is 0.382. The van der Waals surface area contributed by atoms with Crippen LogP contribution in [0.2, 0.25) is 5.02 Å². The van der Waals surface area contributed by atoms with Gasteiger partial charge < -0.3 is 15.4 Å². The van der Waals surface area contributed by atoms with Crippen LogP contribution in [0.25, 0.3) is 0 Å². The fourth-order valence-electron chi connectivity index (χ4n) is 1.76. The van der Waals surface area contributed by atoms with E-state index in [-0.39, 0.29) is 6.03 Å². The lowest BCUT2D eigenvalue weighted by Crippen LogP contribution is -2.39. The van der Waals surface area contributed by atoms with Gasteiger partial charge in [0.1, 0.15) is 11.2 Å². The largest absolute Gasteiger partial charge is 0.471 e. The van der Waals surface area contributed by atoms with Crippen molar-refractivity contribution in [1.82, 2.24) is 5.32 Å². The highest BCUT2D eigenvalue weighted by molar-refractivity contribution is 8.03. The number of carbonyl (C=O) groups is 1. The number of rotatable bonds is 5. The lowest BCUT2D eigenvalue weighted by molar-refractivity contribution is 0.183. The van der Waals surface area contributed by atoms with Gasteiger partial charge in [0.15, 0.2) is 6.23 Å². The number of nitrogens with one attached hydrogen (secondary N) is 2. The Hall–Kier alpha value is -2.36. The predicted molar refractivity (Wildman–Crippen MR) is 91.6 cm³/mol. The Kier molecular flexibility index (Phi) is 6.15. The van der Waals surface area contributed by atoms with E-state index in [1.807, 2.05) is 5.40 Å². The molecule has 0 bridgehead atoms. The molecule has 0 radical (unpaired) electrons. The normalized spacial score (nSPS) is 11.2. The SMILES string of the molecule is CC(NC(=O)Nc1ccc(SC#N)cc1)Oc1ccc(Cl)cc1. The summed E-state index contributed by atoms with van der Waals surface area (Å²) in [5.74, 6) is 0.611. The molecule has 0 aromatic heterocycles. The van der Waals surface area contributed by atoms with E-state index in [9.17, 15) is 4.79 Å². The van der Waals surface area contributed by atoms with Crippen LogP contribution < -0.4 is 15.4 Å². The molecule has 2 amide bonds. The van der Waals surface area contributed by atoms with Gasteiger partial charge in [-0.05, 0) is 67.2 Å². The van der Waals surface area contributed by atoms with Crippen molar-refractivity contribution >= 4 is 35.1 Å². The molecule has 2 aromatic carbocycles. The third-order valence-electron chi connectivity index (χ3n) is 2.74. The van der Waals surface area contributed by atoms with E-state index in [1.165, 1.54) is 0 Å². The summed E-state index contributed by atoms with van der Waals surface area (Å²) in [6.07, 6.45) is -0.510. The van der Waals surface area contributed by atoms with Crippen LogP contribution >= 0.6 is 23.4 Å². The van der Waals surface area contributed by atoms with E-state index < -0.39 is 6.23 Å². The van der Waals surface area contributed by atoms with E-state index >= 15 is 0 Å². The highest BCUT2D eigenvalue weighted by Gasteiger charge is 2.08. The molecule has 1 atom stereocenters. The second-order valence-electron chi connectivity index (χ2n) is 4.53. The number of thioether (sulfide) groups is 1. The van der Waals surface area contributed by atoms with E-state index in [0.29, 0.717) is 16.5 Å². The molecule has 2 N–H and O–H groups in total. The first-order valence-corrected chi connectivity index (χ1v) is 7.92. The van der Waals surface area contributed by atoms with Gasteiger partial charge in [-0.15, -0.1) is 0 Å². The lowest BCUT2D eigenvalue weighted by Gasteiger charge is -2.16. The fraction of sp³-hybridized carbons (Fsp3) is 0.125. The van der Waals surface area contributed by atoms with Gasteiger partial charge in [-0.2, -0.15) is 5.26 Å². The van der Waals surface area contributed by atoms with Crippen LogP contribution in [0.4, 0.5) is 10.5 Å². The Balaban J connectivity index is 1.83. The molecule has 1 unspecified atom stereocenters. The van der Waals surface area contributed by atoms with Crippen molar-refractivity contribution in [3.8, 4) is 11.2 Å². The second-order valence-corrected chi connectivity index (χ2v) is 5.82. The predicted octanol–water partition coefficient (Wildman–Crippen LogP) is 4.46. The number of anilines is 1. The summed E-state index contributed by atoms with van der Waals surface area (Å²) >= 11 is 6.86. The van der Waals surface area contributed by atoms with E-state index in [1.54, 1.807) is 55.5 Å². The van der Waals surface area contributed by atoms with Crippen LogP contribution in [0, 0.1) is 10.7 Å². The number of urea groups is 1. The number of nitrogens with zero attached hydrogens (tertiary/aromatic N) is 1. The van der Waals surface area contributed by atoms with Gasteiger partial charge >= 0.3 is 6.03 Å². The summed E-state index contributed by atoms with van der Waals surface area (Å²) in [4.78, 5) is 12.7. The third-order valence-corrected chi connectivity index (χ3v) is 3.59. The zero-order valence-electron chi connectivity index (χ0n) is 12.2. The van der Waals surface area contributed by atoms with Crippen molar-refractivity contribution in [1.29, 1.82) is 5.26 Å². The van der Waals surface area contributed by atoms with Crippen LogP contribution in [0.15, 0.2) is 53.4 Å². The van der Waals surface area contributed by atoms with Crippen molar-refractivity contribution in [2.45, 2.75) is 18.0 Å². The van der Waals surface area contributed by atoms with Crippen LogP contribution in [0.5, 0.6) is 5.75 Å². The maximum atomic E-state index is 11.9. The first kappa shape index (κ1) is 17.0. The zero-order valence-corrected chi connectivity index (χ0v) is 13.8. The number of benzene rings is 2. The summed E-state index contributed by atoms with van der Waals surface area (Å²) in [7, 11) is 0. The number of halogens is 1.